The first-order valence-electron chi connectivity index (χ1n) is 9.61. The van der Waals surface area contributed by atoms with Crippen LogP contribution in [0, 0.1) is 29.3 Å². The van der Waals surface area contributed by atoms with E-state index < -0.39 is 17.5 Å². The van der Waals surface area contributed by atoms with Gasteiger partial charge in [-0.15, -0.1) is 0 Å². The molecule has 3 heteroatoms. The van der Waals surface area contributed by atoms with Crippen LogP contribution in [0.15, 0.2) is 35.9 Å². The van der Waals surface area contributed by atoms with Crippen molar-refractivity contribution in [2.45, 2.75) is 64.2 Å². The van der Waals surface area contributed by atoms with Crippen LogP contribution in [0.25, 0.3) is 0 Å². The second-order valence-electron chi connectivity index (χ2n) is 7.56. The molecule has 3 rings (SSSR count). The van der Waals surface area contributed by atoms with Crippen LogP contribution in [-0.2, 0) is 0 Å². The lowest BCUT2D eigenvalue weighted by Gasteiger charge is -2.31. The molecule has 1 unspecified atom stereocenters. The van der Waals surface area contributed by atoms with Gasteiger partial charge in [0.2, 0.25) is 0 Å². The average Bonchev–Trinajstić information content (AvgIpc) is 2.64. The molecule has 0 bridgehead atoms. The van der Waals surface area contributed by atoms with E-state index in [-0.39, 0.29) is 5.92 Å². The normalized spacial score (nSPS) is 26.6. The van der Waals surface area contributed by atoms with Gasteiger partial charge in [-0.25, -0.2) is 13.2 Å². The Labute approximate surface area is 148 Å². The van der Waals surface area contributed by atoms with Crippen LogP contribution in [0.3, 0.4) is 0 Å². The smallest absolute Gasteiger partial charge is 0.194 e. The minimum absolute atomic E-state index is 0.0748. The van der Waals surface area contributed by atoms with Gasteiger partial charge < -0.3 is 0 Å². The van der Waals surface area contributed by atoms with E-state index in [0.717, 1.165) is 24.5 Å². The number of benzene rings is 1. The van der Waals surface area contributed by atoms with E-state index in [9.17, 15) is 13.2 Å². The van der Waals surface area contributed by atoms with Crippen LogP contribution in [0.5, 0.6) is 0 Å². The third kappa shape index (κ3) is 4.37. The monoisotopic (exact) mass is 348 g/mol. The van der Waals surface area contributed by atoms with Gasteiger partial charge in [0.25, 0.3) is 0 Å². The van der Waals surface area contributed by atoms with Crippen molar-refractivity contribution in [1.82, 2.24) is 0 Å². The maximum atomic E-state index is 13.4. The van der Waals surface area contributed by atoms with Gasteiger partial charge in [-0.05, 0) is 67.2 Å². The maximum absolute atomic E-state index is 13.4. The number of halogens is 3. The predicted molar refractivity (Wildman–Crippen MR) is 95.9 cm³/mol. The Morgan fingerprint density at radius 1 is 1.00 bits per heavy atom. The minimum atomic E-state index is -1.39. The highest BCUT2D eigenvalue weighted by atomic mass is 19.2. The summed E-state index contributed by atoms with van der Waals surface area (Å²) in [6.45, 7) is 2.25. The summed E-state index contributed by atoms with van der Waals surface area (Å²) in [6.07, 6.45) is 16.2. The molecule has 0 aromatic heterocycles. The summed E-state index contributed by atoms with van der Waals surface area (Å²) in [6, 6.07) is 2.23. The van der Waals surface area contributed by atoms with E-state index >= 15 is 0 Å². The van der Waals surface area contributed by atoms with Crippen molar-refractivity contribution in [2.75, 3.05) is 0 Å². The molecule has 1 aromatic carbocycles. The fraction of sp³-hybridized carbons (Fsp3) is 0.545. The highest BCUT2D eigenvalue weighted by molar-refractivity contribution is 5.35. The van der Waals surface area contributed by atoms with E-state index in [0.29, 0.717) is 11.5 Å². The van der Waals surface area contributed by atoms with Gasteiger partial charge in [0, 0.05) is 5.92 Å². The van der Waals surface area contributed by atoms with E-state index in [4.69, 9.17) is 0 Å². The molecular weight excluding hydrogens is 321 g/mol. The van der Waals surface area contributed by atoms with Crippen molar-refractivity contribution in [2.24, 2.45) is 11.8 Å². The molecule has 2 aliphatic carbocycles. The van der Waals surface area contributed by atoms with E-state index in [1.807, 2.05) is 6.08 Å². The molecule has 0 aliphatic heterocycles. The zero-order valence-electron chi connectivity index (χ0n) is 14.9. The summed E-state index contributed by atoms with van der Waals surface area (Å²) < 4.78 is 40.0. The Morgan fingerprint density at radius 2 is 1.68 bits per heavy atom. The van der Waals surface area contributed by atoms with Gasteiger partial charge in [-0.2, -0.15) is 0 Å². The molecule has 2 aliphatic rings. The van der Waals surface area contributed by atoms with Crippen molar-refractivity contribution < 1.29 is 13.2 Å². The fourth-order valence-corrected chi connectivity index (χ4v) is 4.25. The molecule has 1 atom stereocenters. The predicted octanol–water partition coefficient (Wildman–Crippen LogP) is 7.07. The number of rotatable bonds is 5. The Morgan fingerprint density at radius 3 is 2.24 bits per heavy atom. The zero-order chi connectivity index (χ0) is 17.8. The largest absolute Gasteiger partial charge is 0.204 e. The highest BCUT2D eigenvalue weighted by Gasteiger charge is 2.24. The quantitative estimate of drug-likeness (QED) is 0.499. The van der Waals surface area contributed by atoms with Crippen molar-refractivity contribution in [3.8, 4) is 0 Å². The minimum Gasteiger partial charge on any atom is -0.204 e. The van der Waals surface area contributed by atoms with Crippen LogP contribution in [0.1, 0.15) is 69.8 Å². The molecule has 0 saturated heterocycles. The van der Waals surface area contributed by atoms with Crippen LogP contribution >= 0.6 is 0 Å². The van der Waals surface area contributed by atoms with Gasteiger partial charge in [0.15, 0.2) is 17.5 Å². The summed E-state index contributed by atoms with van der Waals surface area (Å²) in [7, 11) is 0. The second-order valence-corrected chi connectivity index (χ2v) is 7.56. The lowest BCUT2D eigenvalue weighted by Crippen LogP contribution is -2.17. The van der Waals surface area contributed by atoms with E-state index in [1.165, 1.54) is 50.5 Å². The fourth-order valence-electron chi connectivity index (χ4n) is 4.25. The van der Waals surface area contributed by atoms with Crippen molar-refractivity contribution in [3.63, 3.8) is 0 Å². The molecule has 0 spiro atoms. The lowest BCUT2D eigenvalue weighted by atomic mass is 9.75. The first kappa shape index (κ1) is 18.3. The molecule has 0 N–H and O–H groups in total. The molecule has 0 nitrogen and oxygen atoms in total. The number of hydrogen-bond acceptors (Lipinski definition) is 0. The van der Waals surface area contributed by atoms with E-state index in [2.05, 4.69) is 19.1 Å². The van der Waals surface area contributed by atoms with Gasteiger partial charge >= 0.3 is 0 Å². The van der Waals surface area contributed by atoms with Gasteiger partial charge in [0.1, 0.15) is 0 Å². The van der Waals surface area contributed by atoms with Crippen LogP contribution in [0.2, 0.25) is 0 Å². The molecule has 0 radical (unpaired) electrons. The van der Waals surface area contributed by atoms with Gasteiger partial charge in [0.05, 0.1) is 0 Å². The first-order valence-corrected chi connectivity index (χ1v) is 9.61. The number of allylic oxidation sites excluding steroid dienone is 4. The van der Waals surface area contributed by atoms with Crippen molar-refractivity contribution in [1.29, 1.82) is 0 Å². The van der Waals surface area contributed by atoms with Crippen LogP contribution in [0.4, 0.5) is 13.2 Å². The first-order chi connectivity index (χ1) is 12.1. The maximum Gasteiger partial charge on any atom is 0.194 e. The standard InChI is InChI=1S/C22H27F3/c1-2-3-4-15-5-7-16(8-6-15)17-9-11-18(12-10-17)19-13-20(23)22(25)21(24)14-19/h9-11,13-16,18H,2-8,12H2,1H3. The van der Waals surface area contributed by atoms with E-state index in [1.54, 1.807) is 0 Å². The van der Waals surface area contributed by atoms with Crippen molar-refractivity contribution in [3.05, 3.63) is 58.9 Å². The summed E-state index contributed by atoms with van der Waals surface area (Å²) >= 11 is 0. The lowest BCUT2D eigenvalue weighted by molar-refractivity contribution is 0.284. The third-order valence-corrected chi connectivity index (χ3v) is 5.85. The Hall–Kier alpha value is -1.51. The number of hydrogen-bond donors (Lipinski definition) is 0. The molecular formula is C22H27F3. The summed E-state index contributed by atoms with van der Waals surface area (Å²) in [4.78, 5) is 0. The second kappa shape index (κ2) is 8.25. The molecule has 0 amide bonds. The molecule has 1 saturated carbocycles. The zero-order valence-corrected chi connectivity index (χ0v) is 14.9. The Balaban J connectivity index is 1.58. The van der Waals surface area contributed by atoms with Gasteiger partial charge in [-0.1, -0.05) is 44.4 Å². The molecule has 0 heterocycles. The summed E-state index contributed by atoms with van der Waals surface area (Å²) in [5.74, 6) is -2.17. The van der Waals surface area contributed by atoms with Crippen LogP contribution in [-0.4, -0.2) is 0 Å². The molecule has 1 fully saturated rings. The van der Waals surface area contributed by atoms with Crippen LogP contribution < -0.4 is 0 Å². The highest BCUT2D eigenvalue weighted by Crippen LogP contribution is 2.39. The third-order valence-electron chi connectivity index (χ3n) is 5.85. The van der Waals surface area contributed by atoms with Crippen molar-refractivity contribution >= 4 is 0 Å². The molecule has 25 heavy (non-hydrogen) atoms. The summed E-state index contributed by atoms with van der Waals surface area (Å²) in [5, 5.41) is 0. The van der Waals surface area contributed by atoms with Gasteiger partial charge in [-0.3, -0.25) is 0 Å². The Kier molecular flexibility index (Phi) is 6.03. The molecule has 1 aromatic rings. The average molecular weight is 348 g/mol. The Bertz CT molecular complexity index is 628. The molecule has 136 valence electrons. The topological polar surface area (TPSA) is 0 Å². The summed E-state index contributed by atoms with van der Waals surface area (Å²) in [5.41, 5.74) is 1.87. The number of unbranched alkanes of at least 4 members (excludes halogenated alkanes) is 1. The SMILES string of the molecule is CCCCC1CCC(C2=CCC(c3cc(F)c(F)c(F)c3)C=C2)CC1.